The van der Waals surface area contributed by atoms with Crippen LogP contribution in [0.2, 0.25) is 0 Å². The Labute approximate surface area is 147 Å². The minimum Gasteiger partial charge on any atom is -0.465 e. The number of cyclic esters (lactones) is 1. The molecule has 134 valence electrons. The number of hydrogen-bond acceptors (Lipinski definition) is 5. The molecule has 1 heterocycles. The SMILES string of the molecule is CCOC(=O)[C@@]12C(=O)OC(C)(C)[C@H]1[C@@]2(CC)C(=O)c1ccc(C)cc1. The molecule has 2 fully saturated rings. The summed E-state index contributed by atoms with van der Waals surface area (Å²) in [5.74, 6) is -1.98. The number of ketones is 1. The lowest BCUT2D eigenvalue weighted by molar-refractivity contribution is -0.166. The van der Waals surface area contributed by atoms with E-state index in [9.17, 15) is 14.4 Å². The Bertz CT molecular complexity index is 748. The van der Waals surface area contributed by atoms with Crippen LogP contribution in [-0.2, 0) is 19.1 Å². The summed E-state index contributed by atoms with van der Waals surface area (Å²) in [6.07, 6.45) is 0.377. The Balaban J connectivity index is 2.14. The van der Waals surface area contributed by atoms with Gasteiger partial charge in [-0.3, -0.25) is 14.4 Å². The first kappa shape index (κ1) is 17.6. The summed E-state index contributed by atoms with van der Waals surface area (Å²) in [6, 6.07) is 7.21. The van der Waals surface area contributed by atoms with Crippen molar-refractivity contribution in [1.82, 2.24) is 0 Å². The Kier molecular flexibility index (Phi) is 3.82. The number of ether oxygens (including phenoxy) is 2. The van der Waals surface area contributed by atoms with E-state index in [4.69, 9.17) is 9.47 Å². The van der Waals surface area contributed by atoms with Gasteiger partial charge in [-0.15, -0.1) is 0 Å². The molecule has 5 nitrogen and oxygen atoms in total. The zero-order chi connectivity index (χ0) is 18.6. The van der Waals surface area contributed by atoms with Crippen LogP contribution in [0.4, 0.5) is 0 Å². The van der Waals surface area contributed by atoms with Crippen molar-refractivity contribution in [3.8, 4) is 0 Å². The molecule has 2 aliphatic rings. The van der Waals surface area contributed by atoms with E-state index in [1.165, 1.54) is 0 Å². The van der Waals surface area contributed by atoms with Crippen molar-refractivity contribution >= 4 is 17.7 Å². The van der Waals surface area contributed by atoms with E-state index >= 15 is 0 Å². The molecule has 0 aromatic heterocycles. The van der Waals surface area contributed by atoms with Gasteiger partial charge in [-0.1, -0.05) is 36.8 Å². The number of hydrogen-bond donors (Lipinski definition) is 0. The lowest BCUT2D eigenvalue weighted by Crippen LogP contribution is -2.40. The van der Waals surface area contributed by atoms with Gasteiger partial charge in [0.2, 0.25) is 0 Å². The third-order valence-corrected chi connectivity index (χ3v) is 5.79. The smallest absolute Gasteiger partial charge is 0.325 e. The Morgan fingerprint density at radius 2 is 1.76 bits per heavy atom. The highest BCUT2D eigenvalue weighted by Crippen LogP contribution is 2.80. The average Bonchev–Trinajstić information content (AvgIpc) is 3.15. The van der Waals surface area contributed by atoms with Crippen molar-refractivity contribution in [2.45, 2.75) is 46.6 Å². The van der Waals surface area contributed by atoms with Crippen LogP contribution in [0.15, 0.2) is 24.3 Å². The maximum atomic E-state index is 13.4. The Morgan fingerprint density at radius 1 is 1.16 bits per heavy atom. The molecule has 0 amide bonds. The molecule has 1 aromatic rings. The molecule has 1 saturated heterocycles. The van der Waals surface area contributed by atoms with Gasteiger partial charge < -0.3 is 9.47 Å². The zero-order valence-electron chi connectivity index (χ0n) is 15.3. The number of fused-ring (bicyclic) bond motifs is 1. The number of carbonyl (C=O) groups excluding carboxylic acids is 3. The van der Waals surface area contributed by atoms with Crippen LogP contribution in [0, 0.1) is 23.7 Å². The zero-order valence-corrected chi connectivity index (χ0v) is 15.3. The van der Waals surface area contributed by atoms with E-state index in [1.54, 1.807) is 32.9 Å². The maximum absolute atomic E-state index is 13.4. The summed E-state index contributed by atoms with van der Waals surface area (Å²) >= 11 is 0. The van der Waals surface area contributed by atoms with E-state index < -0.39 is 34.3 Å². The van der Waals surface area contributed by atoms with Gasteiger partial charge in [0, 0.05) is 11.5 Å². The molecule has 0 spiro atoms. The highest BCUT2D eigenvalue weighted by atomic mass is 16.6. The summed E-state index contributed by atoms with van der Waals surface area (Å²) in [5.41, 5.74) is -1.97. The summed E-state index contributed by atoms with van der Waals surface area (Å²) in [4.78, 5) is 39.0. The van der Waals surface area contributed by atoms with Gasteiger partial charge in [-0.2, -0.15) is 0 Å². The van der Waals surface area contributed by atoms with E-state index in [2.05, 4.69) is 0 Å². The van der Waals surface area contributed by atoms with E-state index in [0.717, 1.165) is 5.56 Å². The van der Waals surface area contributed by atoms with Crippen molar-refractivity contribution < 1.29 is 23.9 Å². The van der Waals surface area contributed by atoms with Crippen LogP contribution < -0.4 is 0 Å². The fourth-order valence-corrected chi connectivity index (χ4v) is 4.87. The van der Waals surface area contributed by atoms with Gasteiger partial charge in [0.1, 0.15) is 5.60 Å². The fourth-order valence-electron chi connectivity index (χ4n) is 4.87. The largest absolute Gasteiger partial charge is 0.465 e. The molecule has 25 heavy (non-hydrogen) atoms. The first-order valence-corrected chi connectivity index (χ1v) is 8.72. The molecule has 0 radical (unpaired) electrons. The Hall–Kier alpha value is -2.17. The molecular formula is C20H24O5. The Morgan fingerprint density at radius 3 is 2.28 bits per heavy atom. The van der Waals surface area contributed by atoms with E-state index in [0.29, 0.717) is 12.0 Å². The summed E-state index contributed by atoms with van der Waals surface area (Å²) < 4.78 is 10.7. The lowest BCUT2D eigenvalue weighted by Gasteiger charge is -2.28. The number of carbonyl (C=O) groups is 3. The van der Waals surface area contributed by atoms with Crippen molar-refractivity contribution in [3.63, 3.8) is 0 Å². The van der Waals surface area contributed by atoms with Crippen molar-refractivity contribution in [1.29, 1.82) is 0 Å². The second kappa shape index (κ2) is 5.41. The monoisotopic (exact) mass is 344 g/mol. The predicted octanol–water partition coefficient (Wildman–Crippen LogP) is 3.09. The van der Waals surface area contributed by atoms with E-state index in [-0.39, 0.29) is 12.4 Å². The summed E-state index contributed by atoms with van der Waals surface area (Å²) in [6.45, 7) is 9.14. The molecule has 0 unspecified atom stereocenters. The molecule has 0 N–H and O–H groups in total. The standard InChI is InChI=1S/C20H24O5/c1-6-19(14(21)13-10-8-12(3)9-11-13)15-18(4,5)25-17(23)20(15,19)16(22)24-7-2/h8-11,15H,6-7H2,1-5H3/t15-,19+,20+/m0/s1. The molecule has 5 heteroatoms. The topological polar surface area (TPSA) is 69.7 Å². The number of benzene rings is 1. The van der Waals surface area contributed by atoms with Gasteiger partial charge in [0.05, 0.1) is 12.0 Å². The van der Waals surface area contributed by atoms with Gasteiger partial charge in [0.25, 0.3) is 0 Å². The number of esters is 2. The summed E-state index contributed by atoms with van der Waals surface area (Å²) in [7, 11) is 0. The van der Waals surface area contributed by atoms with E-state index in [1.807, 2.05) is 26.0 Å². The van der Waals surface area contributed by atoms with Crippen LogP contribution in [0.3, 0.4) is 0 Å². The van der Waals surface area contributed by atoms with Crippen LogP contribution in [-0.4, -0.2) is 29.9 Å². The summed E-state index contributed by atoms with van der Waals surface area (Å²) in [5, 5.41) is 0. The van der Waals surface area contributed by atoms with Crippen molar-refractivity contribution in [2.24, 2.45) is 16.7 Å². The molecule has 3 atom stereocenters. The van der Waals surface area contributed by atoms with Gasteiger partial charge in [-0.25, -0.2) is 0 Å². The lowest BCUT2D eigenvalue weighted by atomic mass is 9.81. The predicted molar refractivity (Wildman–Crippen MR) is 91.0 cm³/mol. The first-order valence-electron chi connectivity index (χ1n) is 8.72. The molecule has 1 aromatic carbocycles. The first-order chi connectivity index (χ1) is 11.7. The van der Waals surface area contributed by atoms with Crippen LogP contribution >= 0.6 is 0 Å². The highest BCUT2D eigenvalue weighted by molar-refractivity contribution is 6.19. The second-order valence-electron chi connectivity index (χ2n) is 7.47. The van der Waals surface area contributed by atoms with Gasteiger partial charge >= 0.3 is 11.9 Å². The molecule has 1 aliphatic heterocycles. The maximum Gasteiger partial charge on any atom is 0.325 e. The van der Waals surface area contributed by atoms with Gasteiger partial charge in [-0.05, 0) is 34.1 Å². The molecule has 3 rings (SSSR count). The highest BCUT2D eigenvalue weighted by Gasteiger charge is 2.95. The normalized spacial score (nSPS) is 31.9. The molecule has 1 saturated carbocycles. The fraction of sp³-hybridized carbons (Fsp3) is 0.550. The average molecular weight is 344 g/mol. The second-order valence-corrected chi connectivity index (χ2v) is 7.47. The van der Waals surface area contributed by atoms with Crippen molar-refractivity contribution in [2.75, 3.05) is 6.61 Å². The number of Topliss-reactive ketones (excluding diaryl/α,β-unsaturated/α-hetero) is 1. The van der Waals surface area contributed by atoms with Crippen molar-refractivity contribution in [3.05, 3.63) is 35.4 Å². The minimum absolute atomic E-state index is 0.152. The molecule has 0 bridgehead atoms. The third kappa shape index (κ3) is 1.98. The van der Waals surface area contributed by atoms with Crippen LogP contribution in [0.5, 0.6) is 0 Å². The van der Waals surface area contributed by atoms with Gasteiger partial charge in [0.15, 0.2) is 11.2 Å². The quantitative estimate of drug-likeness (QED) is 0.466. The molecule has 1 aliphatic carbocycles. The molecular weight excluding hydrogens is 320 g/mol. The minimum atomic E-state index is -1.52. The van der Waals surface area contributed by atoms with Crippen LogP contribution in [0.1, 0.15) is 50.0 Å². The number of rotatable bonds is 5. The third-order valence-electron chi connectivity index (χ3n) is 5.79. The number of aryl methyl sites for hydroxylation is 1. The van der Waals surface area contributed by atoms with Crippen LogP contribution in [0.25, 0.3) is 0 Å².